The van der Waals surface area contributed by atoms with Crippen molar-refractivity contribution in [3.63, 3.8) is 0 Å². The van der Waals surface area contributed by atoms with Gasteiger partial charge in [-0.2, -0.15) is 5.10 Å². The van der Waals surface area contributed by atoms with E-state index in [-0.39, 0.29) is 0 Å². The largest absolute Gasteiger partial charge is 0.481 e. The lowest BCUT2D eigenvalue weighted by Crippen LogP contribution is -2.36. The van der Waals surface area contributed by atoms with Gasteiger partial charge in [0.25, 0.3) is 0 Å². The van der Waals surface area contributed by atoms with E-state index in [1.165, 1.54) is 0 Å². The molecule has 0 amide bonds. The third kappa shape index (κ3) is 2.69. The van der Waals surface area contributed by atoms with Crippen LogP contribution in [0.1, 0.15) is 28.3 Å². The molecule has 1 aliphatic heterocycles. The van der Waals surface area contributed by atoms with Crippen LogP contribution < -0.4 is 0 Å². The highest BCUT2D eigenvalue weighted by molar-refractivity contribution is 5.77. The molecule has 1 aliphatic rings. The predicted molar refractivity (Wildman–Crippen MR) is 78.9 cm³/mol. The van der Waals surface area contributed by atoms with Gasteiger partial charge in [-0.1, -0.05) is 24.3 Å². The molecule has 1 unspecified atom stereocenters. The average Bonchev–Trinajstić information content (AvgIpc) is 2.76. The topological polar surface area (TPSA) is 58.4 Å². The van der Waals surface area contributed by atoms with Crippen LogP contribution in [0.2, 0.25) is 0 Å². The molecule has 0 radical (unpaired) electrons. The second kappa shape index (κ2) is 5.33. The van der Waals surface area contributed by atoms with Crippen molar-refractivity contribution in [3.8, 4) is 0 Å². The molecule has 1 N–H and O–H groups in total. The van der Waals surface area contributed by atoms with Crippen LogP contribution in [-0.2, 0) is 24.9 Å². The molecule has 1 aromatic heterocycles. The van der Waals surface area contributed by atoms with Crippen molar-refractivity contribution in [2.45, 2.75) is 25.9 Å². The van der Waals surface area contributed by atoms with E-state index in [9.17, 15) is 9.90 Å². The van der Waals surface area contributed by atoms with Crippen molar-refractivity contribution in [2.75, 3.05) is 6.54 Å². The summed E-state index contributed by atoms with van der Waals surface area (Å²) in [5.74, 6) is -1.21. The second-order valence-electron chi connectivity index (χ2n) is 5.67. The van der Waals surface area contributed by atoms with Gasteiger partial charge in [0.2, 0.25) is 0 Å². The number of hydrogen-bond acceptors (Lipinski definition) is 3. The molecule has 0 bridgehead atoms. The first-order valence-corrected chi connectivity index (χ1v) is 7.06. The minimum Gasteiger partial charge on any atom is -0.481 e. The van der Waals surface area contributed by atoms with Crippen LogP contribution in [0.3, 0.4) is 0 Å². The second-order valence-corrected chi connectivity index (χ2v) is 5.67. The predicted octanol–water partition coefficient (Wildman–Crippen LogP) is 1.91. The Balaban J connectivity index is 1.86. The molecule has 5 nitrogen and oxygen atoms in total. The number of carbonyl (C=O) groups is 1. The molecule has 3 rings (SSSR count). The highest BCUT2D eigenvalue weighted by Gasteiger charge is 2.30. The summed E-state index contributed by atoms with van der Waals surface area (Å²) in [6.07, 6.45) is 2.01. The first-order valence-electron chi connectivity index (χ1n) is 7.06. The van der Waals surface area contributed by atoms with Crippen LogP contribution in [0, 0.1) is 6.92 Å². The van der Waals surface area contributed by atoms with Gasteiger partial charge in [-0.25, -0.2) is 0 Å². The van der Waals surface area contributed by atoms with Gasteiger partial charge in [0.1, 0.15) is 0 Å². The van der Waals surface area contributed by atoms with Gasteiger partial charge in [-0.3, -0.25) is 14.4 Å². The van der Waals surface area contributed by atoms with Gasteiger partial charge >= 0.3 is 5.97 Å². The molecular formula is C16H19N3O2. The monoisotopic (exact) mass is 285 g/mol. The lowest BCUT2D eigenvalue weighted by Gasteiger charge is -2.32. The third-order valence-electron chi connectivity index (χ3n) is 4.07. The summed E-state index contributed by atoms with van der Waals surface area (Å²) in [7, 11) is 1.90. The van der Waals surface area contributed by atoms with E-state index in [1.807, 2.05) is 44.4 Å². The van der Waals surface area contributed by atoms with Gasteiger partial charge in [0.15, 0.2) is 0 Å². The Bertz CT molecular complexity index is 678. The first kappa shape index (κ1) is 13.8. The summed E-state index contributed by atoms with van der Waals surface area (Å²) in [5, 5.41) is 13.8. The van der Waals surface area contributed by atoms with Crippen molar-refractivity contribution in [1.29, 1.82) is 0 Å². The SMILES string of the molecule is Cc1nn(C)cc1CN1Cc2ccccc2C(C(=O)O)C1. The van der Waals surface area contributed by atoms with Gasteiger partial charge < -0.3 is 5.11 Å². The van der Waals surface area contributed by atoms with Crippen molar-refractivity contribution < 1.29 is 9.90 Å². The van der Waals surface area contributed by atoms with Crippen molar-refractivity contribution in [2.24, 2.45) is 7.05 Å². The number of aryl methyl sites for hydroxylation is 2. The van der Waals surface area contributed by atoms with E-state index < -0.39 is 11.9 Å². The Kier molecular flexibility index (Phi) is 3.51. The van der Waals surface area contributed by atoms with Crippen molar-refractivity contribution in [1.82, 2.24) is 14.7 Å². The number of benzene rings is 1. The maximum atomic E-state index is 11.5. The molecule has 0 saturated heterocycles. The lowest BCUT2D eigenvalue weighted by molar-refractivity contribution is -0.139. The summed E-state index contributed by atoms with van der Waals surface area (Å²) in [6, 6.07) is 7.83. The van der Waals surface area contributed by atoms with E-state index >= 15 is 0 Å². The van der Waals surface area contributed by atoms with Crippen LogP contribution in [0.5, 0.6) is 0 Å². The van der Waals surface area contributed by atoms with Crippen LogP contribution in [-0.4, -0.2) is 32.3 Å². The highest BCUT2D eigenvalue weighted by atomic mass is 16.4. The number of fused-ring (bicyclic) bond motifs is 1. The van der Waals surface area contributed by atoms with Crippen molar-refractivity contribution >= 4 is 5.97 Å². The smallest absolute Gasteiger partial charge is 0.312 e. The molecule has 5 heteroatoms. The van der Waals surface area contributed by atoms with E-state index in [2.05, 4.69) is 10.00 Å². The number of aliphatic carboxylic acids is 1. The Hall–Kier alpha value is -2.14. The van der Waals surface area contributed by atoms with Crippen molar-refractivity contribution in [3.05, 3.63) is 52.8 Å². The fourth-order valence-electron chi connectivity index (χ4n) is 3.06. The minimum absolute atomic E-state index is 0.452. The number of hydrogen-bond donors (Lipinski definition) is 1. The summed E-state index contributed by atoms with van der Waals surface area (Å²) < 4.78 is 1.80. The molecule has 110 valence electrons. The maximum absolute atomic E-state index is 11.5. The Labute approximate surface area is 123 Å². The molecule has 21 heavy (non-hydrogen) atoms. The zero-order chi connectivity index (χ0) is 15.0. The average molecular weight is 285 g/mol. The van der Waals surface area contributed by atoms with Gasteiger partial charge in [0, 0.05) is 38.4 Å². The van der Waals surface area contributed by atoms with Crippen LogP contribution >= 0.6 is 0 Å². The standard InChI is InChI=1S/C16H19N3O2/c1-11-13(7-18(2)17-11)9-19-8-12-5-3-4-6-14(12)15(10-19)16(20)21/h3-7,15H,8-10H2,1-2H3,(H,20,21). The Morgan fingerprint density at radius 3 is 2.86 bits per heavy atom. The highest BCUT2D eigenvalue weighted by Crippen LogP contribution is 2.29. The minimum atomic E-state index is -0.755. The maximum Gasteiger partial charge on any atom is 0.312 e. The summed E-state index contributed by atoms with van der Waals surface area (Å²) in [5.41, 5.74) is 4.21. The quantitative estimate of drug-likeness (QED) is 0.936. The summed E-state index contributed by atoms with van der Waals surface area (Å²) in [4.78, 5) is 13.7. The van der Waals surface area contributed by atoms with Crippen LogP contribution in [0.15, 0.2) is 30.5 Å². The van der Waals surface area contributed by atoms with Gasteiger partial charge in [-0.15, -0.1) is 0 Å². The molecule has 1 atom stereocenters. The molecular weight excluding hydrogens is 266 g/mol. The zero-order valence-corrected chi connectivity index (χ0v) is 12.3. The van der Waals surface area contributed by atoms with E-state index in [1.54, 1.807) is 4.68 Å². The van der Waals surface area contributed by atoms with Crippen LogP contribution in [0.4, 0.5) is 0 Å². The normalized spacial score (nSPS) is 18.5. The Morgan fingerprint density at radius 1 is 1.43 bits per heavy atom. The summed E-state index contributed by atoms with van der Waals surface area (Å²) >= 11 is 0. The van der Waals surface area contributed by atoms with E-state index in [0.29, 0.717) is 6.54 Å². The number of nitrogens with zero attached hydrogens (tertiary/aromatic N) is 3. The van der Waals surface area contributed by atoms with Crippen LogP contribution in [0.25, 0.3) is 0 Å². The molecule has 0 aliphatic carbocycles. The third-order valence-corrected chi connectivity index (χ3v) is 4.07. The molecule has 0 spiro atoms. The Morgan fingerprint density at radius 2 is 2.19 bits per heavy atom. The fourth-order valence-corrected chi connectivity index (χ4v) is 3.06. The van der Waals surface area contributed by atoms with Gasteiger partial charge in [-0.05, 0) is 18.1 Å². The number of carboxylic acids is 1. The molecule has 1 aromatic carbocycles. The number of carboxylic acid groups (broad SMARTS) is 1. The molecule has 0 fully saturated rings. The number of rotatable bonds is 3. The van der Waals surface area contributed by atoms with E-state index in [4.69, 9.17) is 0 Å². The van der Waals surface area contributed by atoms with E-state index in [0.717, 1.165) is 35.5 Å². The summed E-state index contributed by atoms with van der Waals surface area (Å²) in [6.45, 7) is 4.05. The van der Waals surface area contributed by atoms with Gasteiger partial charge in [0.05, 0.1) is 11.6 Å². The molecule has 2 heterocycles. The molecule has 0 saturated carbocycles. The lowest BCUT2D eigenvalue weighted by atomic mass is 9.89. The zero-order valence-electron chi connectivity index (χ0n) is 12.3. The number of aromatic nitrogens is 2. The fraction of sp³-hybridized carbons (Fsp3) is 0.375. The first-order chi connectivity index (χ1) is 10.0. The molecule has 2 aromatic rings.